The minimum atomic E-state index is -0.0980. The first-order valence-electron chi connectivity index (χ1n) is 10.8. The molecule has 3 amide bonds. The lowest BCUT2D eigenvalue weighted by Gasteiger charge is -2.34. The summed E-state index contributed by atoms with van der Waals surface area (Å²) in [6.07, 6.45) is 8.17. The van der Waals surface area contributed by atoms with Crippen LogP contribution in [0.2, 0.25) is 0 Å². The van der Waals surface area contributed by atoms with Crippen molar-refractivity contribution in [3.05, 3.63) is 59.9 Å². The minimum absolute atomic E-state index is 0.0375. The van der Waals surface area contributed by atoms with E-state index < -0.39 is 0 Å². The van der Waals surface area contributed by atoms with Crippen molar-refractivity contribution in [1.29, 1.82) is 0 Å². The molecular weight excluding hydrogens is 378 g/mol. The lowest BCUT2D eigenvalue weighted by atomic mass is 10.1. The third-order valence-electron chi connectivity index (χ3n) is 5.88. The molecule has 1 aromatic carbocycles. The smallest absolute Gasteiger partial charge is 0.321 e. The van der Waals surface area contributed by atoms with Crippen LogP contribution in [0.5, 0.6) is 0 Å². The van der Waals surface area contributed by atoms with Crippen molar-refractivity contribution >= 4 is 17.6 Å². The van der Waals surface area contributed by atoms with Gasteiger partial charge in [0.25, 0.3) is 5.91 Å². The van der Waals surface area contributed by atoms with Crippen LogP contribution in [0.1, 0.15) is 41.6 Å². The molecule has 2 N–H and O–H groups in total. The number of nitrogens with one attached hydrogen (secondary N) is 2. The van der Waals surface area contributed by atoms with Crippen LogP contribution >= 0.6 is 0 Å². The second-order valence-corrected chi connectivity index (χ2v) is 8.09. The number of amides is 3. The fourth-order valence-electron chi connectivity index (χ4n) is 4.11. The molecule has 1 saturated carbocycles. The first-order valence-corrected chi connectivity index (χ1v) is 10.8. The van der Waals surface area contributed by atoms with Crippen LogP contribution in [0, 0.1) is 0 Å². The molecule has 1 saturated heterocycles. The highest BCUT2D eigenvalue weighted by atomic mass is 16.2. The van der Waals surface area contributed by atoms with Gasteiger partial charge in [0.05, 0.1) is 0 Å². The second-order valence-electron chi connectivity index (χ2n) is 8.09. The normalized spacial score (nSPS) is 17.7. The summed E-state index contributed by atoms with van der Waals surface area (Å²) >= 11 is 0. The molecule has 2 fully saturated rings. The van der Waals surface area contributed by atoms with E-state index in [0.717, 1.165) is 32.5 Å². The number of hydrogen-bond acceptors (Lipinski definition) is 4. The summed E-state index contributed by atoms with van der Waals surface area (Å²) in [4.78, 5) is 33.2. The quantitative estimate of drug-likeness (QED) is 0.798. The molecule has 2 aliphatic rings. The number of pyridine rings is 1. The van der Waals surface area contributed by atoms with Crippen LogP contribution in [0.25, 0.3) is 0 Å². The van der Waals surface area contributed by atoms with Gasteiger partial charge in [-0.25, -0.2) is 4.79 Å². The standard InChI is InChI=1S/C23H29N5O2/c29-22(25-20-5-1-2-6-20)19-7-9-21(10-8-19)26-23(30)28-14-12-27(13-15-28)17-18-4-3-11-24-16-18/h3-4,7-11,16,20H,1-2,5-6,12-15,17H2,(H,25,29)(H,26,30). The third-order valence-corrected chi connectivity index (χ3v) is 5.88. The third kappa shape index (κ3) is 5.36. The molecule has 7 nitrogen and oxygen atoms in total. The second kappa shape index (κ2) is 9.71. The van der Waals surface area contributed by atoms with Gasteiger partial charge in [0, 0.05) is 62.4 Å². The number of urea groups is 1. The molecule has 0 atom stereocenters. The molecule has 0 spiro atoms. The highest BCUT2D eigenvalue weighted by Crippen LogP contribution is 2.19. The number of aromatic nitrogens is 1. The van der Waals surface area contributed by atoms with Gasteiger partial charge in [-0.15, -0.1) is 0 Å². The zero-order valence-electron chi connectivity index (χ0n) is 17.2. The molecule has 158 valence electrons. The SMILES string of the molecule is O=C(NC1CCCC1)c1ccc(NC(=O)N2CCN(Cc3cccnc3)CC2)cc1. The largest absolute Gasteiger partial charge is 0.349 e. The van der Waals surface area contributed by atoms with Gasteiger partial charge in [-0.2, -0.15) is 0 Å². The molecular formula is C23H29N5O2. The Bertz CT molecular complexity index is 842. The molecule has 4 rings (SSSR count). The Morgan fingerprint density at radius 2 is 1.73 bits per heavy atom. The van der Waals surface area contributed by atoms with Gasteiger partial charge >= 0.3 is 6.03 Å². The summed E-state index contributed by atoms with van der Waals surface area (Å²) in [5.74, 6) is -0.0375. The molecule has 2 heterocycles. The number of carbonyl (C=O) groups is 2. The van der Waals surface area contributed by atoms with Gasteiger partial charge in [0.15, 0.2) is 0 Å². The first kappa shape index (κ1) is 20.3. The summed E-state index contributed by atoms with van der Waals surface area (Å²) in [7, 11) is 0. The average molecular weight is 408 g/mol. The summed E-state index contributed by atoms with van der Waals surface area (Å²) in [5, 5.41) is 6.03. The van der Waals surface area contributed by atoms with Gasteiger partial charge < -0.3 is 15.5 Å². The molecule has 7 heteroatoms. The van der Waals surface area contributed by atoms with E-state index in [1.165, 1.54) is 18.4 Å². The Morgan fingerprint density at radius 1 is 1.00 bits per heavy atom. The summed E-state index contributed by atoms with van der Waals surface area (Å²) in [5.41, 5.74) is 2.52. The fraction of sp³-hybridized carbons (Fsp3) is 0.435. The van der Waals surface area contributed by atoms with Crippen LogP contribution in [0.4, 0.5) is 10.5 Å². The zero-order chi connectivity index (χ0) is 20.8. The molecule has 30 heavy (non-hydrogen) atoms. The minimum Gasteiger partial charge on any atom is -0.349 e. The summed E-state index contributed by atoms with van der Waals surface area (Å²) in [6, 6.07) is 11.3. The van der Waals surface area contributed by atoms with Crippen molar-refractivity contribution in [2.24, 2.45) is 0 Å². The summed E-state index contributed by atoms with van der Waals surface area (Å²) < 4.78 is 0. The maximum Gasteiger partial charge on any atom is 0.321 e. The zero-order valence-corrected chi connectivity index (χ0v) is 17.2. The van der Waals surface area contributed by atoms with Crippen molar-refractivity contribution in [3.8, 4) is 0 Å². The van der Waals surface area contributed by atoms with E-state index in [1.807, 2.05) is 17.2 Å². The van der Waals surface area contributed by atoms with Gasteiger partial charge in [0.2, 0.25) is 0 Å². The monoisotopic (exact) mass is 407 g/mol. The van der Waals surface area contributed by atoms with Gasteiger partial charge in [0.1, 0.15) is 0 Å². The number of piperazine rings is 1. The van der Waals surface area contributed by atoms with E-state index in [0.29, 0.717) is 30.4 Å². The van der Waals surface area contributed by atoms with E-state index in [4.69, 9.17) is 0 Å². The Balaban J connectivity index is 1.23. The van der Waals surface area contributed by atoms with Crippen molar-refractivity contribution in [2.45, 2.75) is 38.3 Å². The number of rotatable bonds is 5. The lowest BCUT2D eigenvalue weighted by Crippen LogP contribution is -2.49. The predicted octanol–water partition coefficient (Wildman–Crippen LogP) is 3.10. The van der Waals surface area contributed by atoms with Crippen LogP contribution < -0.4 is 10.6 Å². The fourth-order valence-corrected chi connectivity index (χ4v) is 4.11. The molecule has 1 aromatic heterocycles. The first-order chi connectivity index (χ1) is 14.7. The van der Waals surface area contributed by atoms with Crippen LogP contribution in [-0.2, 0) is 6.54 Å². The van der Waals surface area contributed by atoms with E-state index in [-0.39, 0.29) is 11.9 Å². The van der Waals surface area contributed by atoms with Crippen LogP contribution in [0.15, 0.2) is 48.8 Å². The van der Waals surface area contributed by atoms with E-state index >= 15 is 0 Å². The van der Waals surface area contributed by atoms with E-state index in [2.05, 4.69) is 26.6 Å². The van der Waals surface area contributed by atoms with E-state index in [1.54, 1.807) is 30.5 Å². The molecule has 2 aromatic rings. The van der Waals surface area contributed by atoms with Crippen molar-refractivity contribution in [3.63, 3.8) is 0 Å². The number of benzene rings is 1. The lowest BCUT2D eigenvalue weighted by molar-refractivity contribution is 0.0938. The van der Waals surface area contributed by atoms with Crippen molar-refractivity contribution < 1.29 is 9.59 Å². The highest BCUT2D eigenvalue weighted by Gasteiger charge is 2.22. The molecule has 1 aliphatic heterocycles. The summed E-state index contributed by atoms with van der Waals surface area (Å²) in [6.45, 7) is 3.90. The maximum atomic E-state index is 12.6. The highest BCUT2D eigenvalue weighted by molar-refractivity contribution is 5.95. The molecule has 1 aliphatic carbocycles. The number of nitrogens with zero attached hydrogens (tertiary/aromatic N) is 3. The number of carbonyl (C=O) groups excluding carboxylic acids is 2. The Labute approximate surface area is 177 Å². The van der Waals surface area contributed by atoms with Gasteiger partial charge in [-0.3, -0.25) is 14.7 Å². The number of hydrogen-bond donors (Lipinski definition) is 2. The molecule has 0 radical (unpaired) electrons. The maximum absolute atomic E-state index is 12.6. The van der Waals surface area contributed by atoms with Gasteiger partial charge in [-0.05, 0) is 48.7 Å². The average Bonchev–Trinajstić information content (AvgIpc) is 3.28. The molecule has 0 bridgehead atoms. The Morgan fingerprint density at radius 3 is 2.40 bits per heavy atom. The predicted molar refractivity (Wildman–Crippen MR) is 116 cm³/mol. The van der Waals surface area contributed by atoms with Crippen LogP contribution in [-0.4, -0.2) is 58.9 Å². The van der Waals surface area contributed by atoms with Crippen LogP contribution in [0.3, 0.4) is 0 Å². The van der Waals surface area contributed by atoms with Crippen molar-refractivity contribution in [2.75, 3.05) is 31.5 Å². The van der Waals surface area contributed by atoms with E-state index in [9.17, 15) is 9.59 Å². The number of anilines is 1. The Kier molecular flexibility index (Phi) is 6.59. The topological polar surface area (TPSA) is 77.6 Å². The van der Waals surface area contributed by atoms with Crippen molar-refractivity contribution in [1.82, 2.24) is 20.1 Å². The Hall–Kier alpha value is -2.93. The van der Waals surface area contributed by atoms with Gasteiger partial charge in [-0.1, -0.05) is 18.9 Å². The molecule has 0 unspecified atom stereocenters.